The molecule has 1 spiro atoms. The average molecular weight is 130 g/mol. The minimum absolute atomic E-state index is 0.0885. The van der Waals surface area contributed by atoms with Crippen molar-refractivity contribution in [3.8, 4) is 0 Å². The van der Waals surface area contributed by atoms with Gasteiger partial charge in [-0.05, 0) is 12.2 Å². The molecule has 0 radical (unpaired) electrons. The summed E-state index contributed by atoms with van der Waals surface area (Å²) in [4.78, 5) is 0. The van der Waals surface area contributed by atoms with Gasteiger partial charge in [0.25, 0.3) is 0 Å². The Morgan fingerprint density at radius 2 is 2.20 bits per heavy atom. The molecule has 3 aliphatic rings. The van der Waals surface area contributed by atoms with E-state index in [1.807, 2.05) is 18.2 Å². The van der Waals surface area contributed by atoms with E-state index in [1.165, 1.54) is 5.57 Å². The fourth-order valence-electron chi connectivity index (χ4n) is 1.55. The third-order valence-electron chi connectivity index (χ3n) is 2.15. The predicted octanol–water partition coefficient (Wildman–Crippen LogP) is 1.71. The second kappa shape index (κ2) is 1.12. The van der Waals surface area contributed by atoms with Gasteiger partial charge >= 0.3 is 0 Å². The number of allylic oxidation sites excluding steroid dienone is 4. The maximum atomic E-state index is 5.43. The fourth-order valence-corrected chi connectivity index (χ4v) is 1.55. The molecule has 1 aliphatic heterocycles. The average Bonchev–Trinajstić information content (AvgIpc) is 2.51. The van der Waals surface area contributed by atoms with Crippen LogP contribution < -0.4 is 0 Å². The maximum Gasteiger partial charge on any atom is 0.209 e. The minimum Gasteiger partial charge on any atom is -0.470 e. The van der Waals surface area contributed by atoms with Crippen LogP contribution in [0.1, 0.15) is 0 Å². The summed E-state index contributed by atoms with van der Waals surface area (Å²) in [5, 5.41) is 0. The van der Waals surface area contributed by atoms with Gasteiger partial charge in [-0.15, -0.1) is 0 Å². The molecule has 10 heavy (non-hydrogen) atoms. The van der Waals surface area contributed by atoms with Crippen LogP contribution in [0.15, 0.2) is 47.8 Å². The van der Waals surface area contributed by atoms with Crippen molar-refractivity contribution in [1.82, 2.24) is 0 Å². The van der Waals surface area contributed by atoms with Gasteiger partial charge in [-0.3, -0.25) is 0 Å². The molecule has 0 N–H and O–H groups in total. The molecule has 2 aliphatic carbocycles. The molecule has 3 rings (SSSR count). The number of ether oxygens (including phenoxy) is 1. The number of hydrogen-bond donors (Lipinski definition) is 0. The van der Waals surface area contributed by atoms with Crippen molar-refractivity contribution in [2.75, 3.05) is 0 Å². The first-order valence-corrected chi connectivity index (χ1v) is 3.40. The lowest BCUT2D eigenvalue weighted by Gasteiger charge is -2.00. The SMILES string of the molecule is C1=CC2=CC=CC23OC3=C1. The summed E-state index contributed by atoms with van der Waals surface area (Å²) >= 11 is 0. The van der Waals surface area contributed by atoms with E-state index < -0.39 is 0 Å². The van der Waals surface area contributed by atoms with Gasteiger partial charge in [0, 0.05) is 5.57 Å². The molecule has 1 atom stereocenters. The Labute approximate surface area is 59.0 Å². The summed E-state index contributed by atoms with van der Waals surface area (Å²) in [6.45, 7) is 0. The van der Waals surface area contributed by atoms with Crippen LogP contribution in [0.5, 0.6) is 0 Å². The highest BCUT2D eigenvalue weighted by Gasteiger charge is 2.55. The van der Waals surface area contributed by atoms with E-state index >= 15 is 0 Å². The highest BCUT2D eigenvalue weighted by atomic mass is 16.6. The summed E-state index contributed by atoms with van der Waals surface area (Å²) in [5.41, 5.74) is 1.18. The van der Waals surface area contributed by atoms with Gasteiger partial charge in [-0.1, -0.05) is 24.3 Å². The molecule has 1 nitrogen and oxygen atoms in total. The molecule has 1 fully saturated rings. The molecule has 1 unspecified atom stereocenters. The lowest BCUT2D eigenvalue weighted by atomic mass is 9.98. The number of rotatable bonds is 0. The van der Waals surface area contributed by atoms with Crippen LogP contribution >= 0.6 is 0 Å². The summed E-state index contributed by atoms with van der Waals surface area (Å²) in [6.07, 6.45) is 12.4. The van der Waals surface area contributed by atoms with E-state index in [4.69, 9.17) is 4.74 Å². The molecule has 0 bridgehead atoms. The molecule has 48 valence electrons. The Bertz CT molecular complexity index is 318. The molecule has 0 aromatic rings. The molecule has 1 heterocycles. The number of hydrogen-bond acceptors (Lipinski definition) is 1. The van der Waals surface area contributed by atoms with E-state index in [1.54, 1.807) is 0 Å². The topological polar surface area (TPSA) is 12.5 Å². The first-order chi connectivity index (χ1) is 4.92. The Hall–Kier alpha value is -1.24. The number of epoxide rings is 1. The van der Waals surface area contributed by atoms with Crippen molar-refractivity contribution in [1.29, 1.82) is 0 Å². The van der Waals surface area contributed by atoms with E-state index in [0.29, 0.717) is 0 Å². The van der Waals surface area contributed by atoms with Gasteiger partial charge in [-0.25, -0.2) is 0 Å². The second-order valence-electron chi connectivity index (χ2n) is 2.71. The van der Waals surface area contributed by atoms with E-state index in [2.05, 4.69) is 18.2 Å². The van der Waals surface area contributed by atoms with Gasteiger partial charge in [0.1, 0.15) is 0 Å². The lowest BCUT2D eigenvalue weighted by molar-refractivity contribution is 0.404. The van der Waals surface area contributed by atoms with Crippen LogP contribution in [0, 0.1) is 0 Å². The standard InChI is InChI=1S/C9H6O/c1-3-7-4-2-6-9(7)8(5-1)10-9/h1-6H. The summed E-state index contributed by atoms with van der Waals surface area (Å²) in [7, 11) is 0. The van der Waals surface area contributed by atoms with Crippen LogP contribution in [0.25, 0.3) is 0 Å². The molecule has 1 saturated heterocycles. The third kappa shape index (κ3) is 0.313. The predicted molar refractivity (Wildman–Crippen MR) is 38.3 cm³/mol. The van der Waals surface area contributed by atoms with Gasteiger partial charge in [0.05, 0.1) is 0 Å². The van der Waals surface area contributed by atoms with Crippen LogP contribution in [-0.2, 0) is 4.74 Å². The largest absolute Gasteiger partial charge is 0.470 e. The van der Waals surface area contributed by atoms with Crippen LogP contribution in [0.3, 0.4) is 0 Å². The van der Waals surface area contributed by atoms with Gasteiger partial charge in [0.2, 0.25) is 5.60 Å². The fraction of sp³-hybridized carbons (Fsp3) is 0.111. The molecular weight excluding hydrogens is 124 g/mol. The monoisotopic (exact) mass is 130 g/mol. The van der Waals surface area contributed by atoms with Crippen molar-refractivity contribution < 1.29 is 4.74 Å². The summed E-state index contributed by atoms with van der Waals surface area (Å²) in [6, 6.07) is 0. The van der Waals surface area contributed by atoms with Crippen LogP contribution in [-0.4, -0.2) is 5.60 Å². The second-order valence-corrected chi connectivity index (χ2v) is 2.71. The maximum absolute atomic E-state index is 5.43. The quantitative estimate of drug-likeness (QED) is 0.455. The molecule has 0 saturated carbocycles. The Kier molecular flexibility index (Phi) is 0.512. The minimum atomic E-state index is -0.0885. The zero-order chi connectivity index (χ0) is 6.60. The van der Waals surface area contributed by atoms with Gasteiger partial charge < -0.3 is 4.74 Å². The van der Waals surface area contributed by atoms with Crippen molar-refractivity contribution in [3.63, 3.8) is 0 Å². The lowest BCUT2D eigenvalue weighted by Crippen LogP contribution is -2.06. The van der Waals surface area contributed by atoms with E-state index in [9.17, 15) is 0 Å². The summed E-state index contributed by atoms with van der Waals surface area (Å²) < 4.78 is 5.43. The molecular formula is C9H6O. The zero-order valence-corrected chi connectivity index (χ0v) is 5.37. The van der Waals surface area contributed by atoms with Crippen molar-refractivity contribution in [2.24, 2.45) is 0 Å². The van der Waals surface area contributed by atoms with E-state index in [0.717, 1.165) is 5.76 Å². The summed E-state index contributed by atoms with van der Waals surface area (Å²) in [5.74, 6) is 1.09. The first-order valence-electron chi connectivity index (χ1n) is 3.40. The Morgan fingerprint density at radius 1 is 1.20 bits per heavy atom. The zero-order valence-electron chi connectivity index (χ0n) is 5.37. The van der Waals surface area contributed by atoms with Crippen molar-refractivity contribution in [2.45, 2.75) is 5.60 Å². The van der Waals surface area contributed by atoms with Crippen LogP contribution in [0.4, 0.5) is 0 Å². The normalized spacial score (nSPS) is 37.6. The smallest absolute Gasteiger partial charge is 0.209 e. The van der Waals surface area contributed by atoms with Crippen molar-refractivity contribution >= 4 is 0 Å². The van der Waals surface area contributed by atoms with Crippen molar-refractivity contribution in [3.05, 3.63) is 47.8 Å². The molecule has 1 heteroatoms. The molecule has 0 amide bonds. The van der Waals surface area contributed by atoms with Gasteiger partial charge in [-0.2, -0.15) is 0 Å². The molecule has 0 aromatic carbocycles. The first kappa shape index (κ1) is 4.56. The Balaban J connectivity index is 2.28. The van der Waals surface area contributed by atoms with Gasteiger partial charge in [0.15, 0.2) is 5.76 Å². The van der Waals surface area contributed by atoms with E-state index in [-0.39, 0.29) is 5.60 Å². The highest BCUT2D eigenvalue weighted by Crippen LogP contribution is 2.52. The van der Waals surface area contributed by atoms with Crippen LogP contribution in [0.2, 0.25) is 0 Å². The third-order valence-corrected chi connectivity index (χ3v) is 2.15. The highest BCUT2D eigenvalue weighted by molar-refractivity contribution is 5.60. The molecule has 0 aromatic heterocycles. The Morgan fingerprint density at radius 3 is 3.10 bits per heavy atom.